The molecule has 2 heteroatoms. The van der Waals surface area contributed by atoms with E-state index in [2.05, 4.69) is 22.8 Å². The second kappa shape index (κ2) is 4.24. The van der Waals surface area contributed by atoms with Crippen LogP contribution in [0.2, 0.25) is 0 Å². The van der Waals surface area contributed by atoms with Gasteiger partial charge in [-0.3, -0.25) is 0 Å². The molecule has 2 nitrogen and oxygen atoms in total. The van der Waals surface area contributed by atoms with Crippen LogP contribution < -0.4 is 0 Å². The second-order valence-corrected chi connectivity index (χ2v) is 3.97. The average Bonchev–Trinajstić information content (AvgIpc) is 2.58. The van der Waals surface area contributed by atoms with Crippen molar-refractivity contribution >= 4 is 0 Å². The van der Waals surface area contributed by atoms with E-state index in [1.54, 1.807) is 0 Å². The van der Waals surface area contributed by atoms with Crippen LogP contribution in [0.5, 0.6) is 0 Å². The summed E-state index contributed by atoms with van der Waals surface area (Å²) >= 11 is 0. The van der Waals surface area contributed by atoms with Crippen LogP contribution in [0.4, 0.5) is 0 Å². The zero-order chi connectivity index (χ0) is 11.5. The molecule has 0 aliphatic carbocycles. The zero-order valence-electron chi connectivity index (χ0n) is 9.57. The third-order valence-electron chi connectivity index (χ3n) is 2.88. The summed E-state index contributed by atoms with van der Waals surface area (Å²) in [5, 5.41) is 8.96. The molecule has 2 rings (SSSR count). The minimum atomic E-state index is 0.772. The summed E-state index contributed by atoms with van der Waals surface area (Å²) in [7, 11) is 0. The molecule has 0 fully saturated rings. The molecule has 0 N–H and O–H groups in total. The minimum Gasteiger partial charge on any atom is -0.343 e. The van der Waals surface area contributed by atoms with Gasteiger partial charge < -0.3 is 4.57 Å². The predicted molar refractivity (Wildman–Crippen MR) is 64.2 cm³/mol. The Labute approximate surface area is 95.8 Å². The lowest BCUT2D eigenvalue weighted by atomic mass is 10.2. The fourth-order valence-corrected chi connectivity index (χ4v) is 1.92. The highest BCUT2D eigenvalue weighted by Crippen LogP contribution is 2.15. The Bertz CT molecular complexity index is 530. The normalized spacial score (nSPS) is 10.1. The molecule has 0 saturated carbocycles. The van der Waals surface area contributed by atoms with E-state index >= 15 is 0 Å². The highest BCUT2D eigenvalue weighted by molar-refractivity contribution is 5.37. The van der Waals surface area contributed by atoms with Crippen molar-refractivity contribution < 1.29 is 0 Å². The molecule has 0 unspecified atom stereocenters. The van der Waals surface area contributed by atoms with Crippen LogP contribution in [0.1, 0.15) is 22.5 Å². The molecule has 1 aromatic heterocycles. The Kier molecular flexibility index (Phi) is 2.78. The third kappa shape index (κ3) is 1.85. The summed E-state index contributed by atoms with van der Waals surface area (Å²) in [4.78, 5) is 0. The highest BCUT2D eigenvalue weighted by atomic mass is 15.0. The average molecular weight is 210 g/mol. The molecular formula is C14H14N2. The number of nitrogens with zero attached hydrogens (tertiary/aromatic N) is 2. The van der Waals surface area contributed by atoms with Gasteiger partial charge in [-0.15, -0.1) is 0 Å². The summed E-state index contributed by atoms with van der Waals surface area (Å²) < 4.78 is 2.17. The highest BCUT2D eigenvalue weighted by Gasteiger charge is 2.08. The first-order valence-corrected chi connectivity index (χ1v) is 5.33. The monoisotopic (exact) mass is 210 g/mol. The van der Waals surface area contributed by atoms with Crippen molar-refractivity contribution in [2.45, 2.75) is 20.4 Å². The summed E-state index contributed by atoms with van der Waals surface area (Å²) in [5.74, 6) is 0. The van der Waals surface area contributed by atoms with Gasteiger partial charge in [0.25, 0.3) is 0 Å². The number of aromatic nitrogens is 1. The summed E-state index contributed by atoms with van der Waals surface area (Å²) in [6.45, 7) is 4.87. The van der Waals surface area contributed by atoms with Gasteiger partial charge in [0.15, 0.2) is 0 Å². The van der Waals surface area contributed by atoms with Gasteiger partial charge in [0.1, 0.15) is 6.07 Å². The molecule has 0 radical (unpaired) electrons. The molecule has 0 bridgehead atoms. The minimum absolute atomic E-state index is 0.772. The molecule has 2 aromatic rings. The maximum atomic E-state index is 8.96. The second-order valence-electron chi connectivity index (χ2n) is 3.97. The molecule has 0 saturated heterocycles. The van der Waals surface area contributed by atoms with E-state index in [0.29, 0.717) is 0 Å². The van der Waals surface area contributed by atoms with E-state index in [0.717, 1.165) is 23.5 Å². The molecule has 0 aliphatic heterocycles. The number of benzene rings is 1. The Morgan fingerprint density at radius 2 is 1.88 bits per heavy atom. The topological polar surface area (TPSA) is 28.7 Å². The number of hydrogen-bond donors (Lipinski definition) is 0. The van der Waals surface area contributed by atoms with Crippen molar-refractivity contribution in [3.63, 3.8) is 0 Å². The Morgan fingerprint density at radius 3 is 2.44 bits per heavy atom. The molecule has 1 heterocycles. The van der Waals surface area contributed by atoms with Crippen LogP contribution in [0, 0.1) is 25.2 Å². The van der Waals surface area contributed by atoms with Crippen molar-refractivity contribution in [3.05, 3.63) is 58.9 Å². The fourth-order valence-electron chi connectivity index (χ4n) is 1.92. The van der Waals surface area contributed by atoms with Gasteiger partial charge in [-0.1, -0.05) is 30.3 Å². The van der Waals surface area contributed by atoms with Crippen molar-refractivity contribution in [2.75, 3.05) is 0 Å². The van der Waals surface area contributed by atoms with Crippen LogP contribution in [0.15, 0.2) is 36.4 Å². The maximum Gasteiger partial charge on any atom is 0.101 e. The van der Waals surface area contributed by atoms with Crippen LogP contribution in [0.25, 0.3) is 0 Å². The predicted octanol–water partition coefficient (Wildman–Crippen LogP) is 3.02. The first kappa shape index (κ1) is 10.5. The van der Waals surface area contributed by atoms with Crippen molar-refractivity contribution in [1.82, 2.24) is 4.57 Å². The van der Waals surface area contributed by atoms with Crippen molar-refractivity contribution in [1.29, 1.82) is 5.26 Å². The van der Waals surface area contributed by atoms with E-state index in [-0.39, 0.29) is 0 Å². The number of aryl methyl sites for hydroxylation is 1. The third-order valence-corrected chi connectivity index (χ3v) is 2.88. The first-order chi connectivity index (χ1) is 7.72. The van der Waals surface area contributed by atoms with Crippen molar-refractivity contribution in [2.24, 2.45) is 0 Å². The van der Waals surface area contributed by atoms with Crippen LogP contribution in [-0.2, 0) is 6.54 Å². The van der Waals surface area contributed by atoms with E-state index in [1.807, 2.05) is 38.1 Å². The van der Waals surface area contributed by atoms with E-state index in [9.17, 15) is 0 Å². The number of hydrogen-bond acceptors (Lipinski definition) is 1. The Hall–Kier alpha value is -2.01. The van der Waals surface area contributed by atoms with Gasteiger partial charge in [-0.05, 0) is 25.5 Å². The zero-order valence-corrected chi connectivity index (χ0v) is 9.57. The van der Waals surface area contributed by atoms with E-state index < -0.39 is 0 Å². The van der Waals surface area contributed by atoms with Crippen LogP contribution in [0.3, 0.4) is 0 Å². The van der Waals surface area contributed by atoms with Gasteiger partial charge in [-0.2, -0.15) is 5.26 Å². The molecule has 0 spiro atoms. The summed E-state index contributed by atoms with van der Waals surface area (Å²) in [6.07, 6.45) is 0. The van der Waals surface area contributed by atoms with Gasteiger partial charge >= 0.3 is 0 Å². The molecule has 0 atom stereocenters. The van der Waals surface area contributed by atoms with Gasteiger partial charge in [0.05, 0.1) is 5.56 Å². The fraction of sp³-hybridized carbons (Fsp3) is 0.214. The lowest BCUT2D eigenvalue weighted by Crippen LogP contribution is -2.03. The van der Waals surface area contributed by atoms with E-state index in [4.69, 9.17) is 5.26 Å². The molecule has 1 aromatic carbocycles. The number of nitriles is 1. The molecule has 16 heavy (non-hydrogen) atoms. The Morgan fingerprint density at radius 1 is 1.19 bits per heavy atom. The lowest BCUT2D eigenvalue weighted by molar-refractivity contribution is 0.748. The van der Waals surface area contributed by atoms with Gasteiger partial charge in [0, 0.05) is 17.9 Å². The van der Waals surface area contributed by atoms with Crippen LogP contribution in [-0.4, -0.2) is 4.57 Å². The molecule has 0 amide bonds. The standard InChI is InChI=1S/C14H14N2/c1-11-8-14(9-15)12(2)16(11)10-13-6-4-3-5-7-13/h3-8H,10H2,1-2H3. The van der Waals surface area contributed by atoms with Crippen molar-refractivity contribution in [3.8, 4) is 6.07 Å². The maximum absolute atomic E-state index is 8.96. The van der Waals surface area contributed by atoms with E-state index in [1.165, 1.54) is 5.56 Å². The Balaban J connectivity index is 2.36. The quantitative estimate of drug-likeness (QED) is 0.749. The van der Waals surface area contributed by atoms with Crippen LogP contribution >= 0.6 is 0 Å². The largest absolute Gasteiger partial charge is 0.343 e. The smallest absolute Gasteiger partial charge is 0.101 e. The molecule has 80 valence electrons. The number of rotatable bonds is 2. The lowest BCUT2D eigenvalue weighted by Gasteiger charge is -2.09. The van der Waals surface area contributed by atoms with Gasteiger partial charge in [-0.25, -0.2) is 0 Å². The SMILES string of the molecule is Cc1cc(C#N)c(C)n1Cc1ccccc1. The summed E-state index contributed by atoms with van der Waals surface area (Å²) in [5.41, 5.74) is 4.21. The van der Waals surface area contributed by atoms with Gasteiger partial charge in [0.2, 0.25) is 0 Å². The first-order valence-electron chi connectivity index (χ1n) is 5.33. The molecule has 0 aliphatic rings. The summed E-state index contributed by atoms with van der Waals surface area (Å²) in [6, 6.07) is 14.5. The molecular weight excluding hydrogens is 196 g/mol.